The standard InChI is InChI=1S/C13H17BrN2O2/c14-11-7-9(13(15)16)4-5-12(11)18-8-10-3-1-2-6-17-10/h4-5,7,10H,1-3,6,8H2,(H3,15,16). The number of nitrogens with one attached hydrogen (secondary N) is 1. The highest BCUT2D eigenvalue weighted by atomic mass is 79.9. The summed E-state index contributed by atoms with van der Waals surface area (Å²) >= 11 is 3.42. The Balaban J connectivity index is 1.94. The molecule has 0 saturated carbocycles. The van der Waals surface area contributed by atoms with Crippen molar-refractivity contribution in [1.29, 1.82) is 5.41 Å². The van der Waals surface area contributed by atoms with E-state index in [4.69, 9.17) is 20.6 Å². The highest BCUT2D eigenvalue weighted by molar-refractivity contribution is 9.10. The number of benzene rings is 1. The topological polar surface area (TPSA) is 68.3 Å². The van der Waals surface area contributed by atoms with Crippen LogP contribution < -0.4 is 10.5 Å². The fraction of sp³-hybridized carbons (Fsp3) is 0.462. The Morgan fingerprint density at radius 1 is 1.50 bits per heavy atom. The van der Waals surface area contributed by atoms with Gasteiger partial charge in [0.2, 0.25) is 0 Å². The molecule has 1 saturated heterocycles. The van der Waals surface area contributed by atoms with Crippen molar-refractivity contribution < 1.29 is 9.47 Å². The first-order chi connectivity index (χ1) is 8.66. The van der Waals surface area contributed by atoms with Crippen LogP contribution in [-0.2, 0) is 4.74 Å². The number of nitrogen functional groups attached to an aromatic ring is 1. The lowest BCUT2D eigenvalue weighted by Gasteiger charge is -2.22. The summed E-state index contributed by atoms with van der Waals surface area (Å²) in [6, 6.07) is 5.40. The van der Waals surface area contributed by atoms with Gasteiger partial charge in [0.05, 0.1) is 10.6 Å². The minimum Gasteiger partial charge on any atom is -0.490 e. The second-order valence-corrected chi connectivity index (χ2v) is 5.21. The van der Waals surface area contributed by atoms with Gasteiger partial charge in [0.25, 0.3) is 0 Å². The van der Waals surface area contributed by atoms with E-state index >= 15 is 0 Å². The molecule has 0 spiro atoms. The van der Waals surface area contributed by atoms with Gasteiger partial charge in [0.15, 0.2) is 0 Å². The van der Waals surface area contributed by atoms with E-state index in [1.807, 2.05) is 6.07 Å². The molecule has 0 aliphatic carbocycles. The Kier molecular flexibility index (Phi) is 4.60. The average molecular weight is 313 g/mol. The van der Waals surface area contributed by atoms with Crippen LogP contribution in [0.1, 0.15) is 24.8 Å². The lowest BCUT2D eigenvalue weighted by atomic mass is 10.1. The summed E-state index contributed by atoms with van der Waals surface area (Å²) in [6.07, 6.45) is 3.60. The van der Waals surface area contributed by atoms with Crippen LogP contribution in [0, 0.1) is 5.41 Å². The fourth-order valence-electron chi connectivity index (χ4n) is 1.91. The van der Waals surface area contributed by atoms with Crippen molar-refractivity contribution in [1.82, 2.24) is 0 Å². The molecule has 0 bridgehead atoms. The van der Waals surface area contributed by atoms with Crippen LogP contribution in [-0.4, -0.2) is 25.2 Å². The maximum atomic E-state index is 7.36. The molecule has 1 heterocycles. The molecule has 1 atom stereocenters. The van der Waals surface area contributed by atoms with Crippen LogP contribution in [0.5, 0.6) is 5.75 Å². The number of halogens is 1. The third kappa shape index (κ3) is 3.46. The van der Waals surface area contributed by atoms with Gasteiger partial charge in [-0.25, -0.2) is 0 Å². The first-order valence-corrected chi connectivity index (χ1v) is 6.84. The van der Waals surface area contributed by atoms with Gasteiger partial charge in [-0.2, -0.15) is 0 Å². The maximum Gasteiger partial charge on any atom is 0.133 e. The first kappa shape index (κ1) is 13.4. The Hall–Kier alpha value is -1.07. The number of rotatable bonds is 4. The summed E-state index contributed by atoms with van der Waals surface area (Å²) in [7, 11) is 0. The number of nitrogens with two attached hydrogens (primary N) is 1. The zero-order chi connectivity index (χ0) is 13.0. The summed E-state index contributed by atoms with van der Waals surface area (Å²) < 4.78 is 12.1. The van der Waals surface area contributed by atoms with E-state index in [0.29, 0.717) is 12.2 Å². The van der Waals surface area contributed by atoms with Crippen molar-refractivity contribution in [3.8, 4) is 5.75 Å². The van der Waals surface area contributed by atoms with Crippen molar-refractivity contribution in [3.05, 3.63) is 28.2 Å². The predicted molar refractivity (Wildman–Crippen MR) is 74.2 cm³/mol. The summed E-state index contributed by atoms with van der Waals surface area (Å²) in [5.74, 6) is 0.812. The van der Waals surface area contributed by atoms with Gasteiger partial charge in [0.1, 0.15) is 18.2 Å². The Morgan fingerprint density at radius 2 is 2.33 bits per heavy atom. The lowest BCUT2D eigenvalue weighted by Crippen LogP contribution is -2.25. The SMILES string of the molecule is N=C(N)c1ccc(OCC2CCCCO2)c(Br)c1. The second-order valence-electron chi connectivity index (χ2n) is 4.36. The van der Waals surface area contributed by atoms with Gasteiger partial charge in [-0.3, -0.25) is 5.41 Å². The minimum atomic E-state index is 0.0536. The first-order valence-electron chi connectivity index (χ1n) is 6.05. The van der Waals surface area contributed by atoms with Gasteiger partial charge >= 0.3 is 0 Å². The lowest BCUT2D eigenvalue weighted by molar-refractivity contribution is -0.0112. The van der Waals surface area contributed by atoms with E-state index in [1.54, 1.807) is 12.1 Å². The number of amidine groups is 1. The van der Waals surface area contributed by atoms with E-state index in [-0.39, 0.29) is 11.9 Å². The Bertz CT molecular complexity index is 431. The third-order valence-corrected chi connectivity index (χ3v) is 3.56. The molecule has 1 unspecified atom stereocenters. The zero-order valence-corrected chi connectivity index (χ0v) is 11.7. The van der Waals surface area contributed by atoms with Crippen LogP contribution in [0.4, 0.5) is 0 Å². The average Bonchev–Trinajstić information content (AvgIpc) is 2.38. The van der Waals surface area contributed by atoms with Crippen molar-refractivity contribution in [2.45, 2.75) is 25.4 Å². The molecule has 98 valence electrons. The van der Waals surface area contributed by atoms with Gasteiger partial charge in [-0.05, 0) is 53.4 Å². The summed E-state index contributed by atoms with van der Waals surface area (Å²) in [5.41, 5.74) is 6.11. The third-order valence-electron chi connectivity index (χ3n) is 2.94. The minimum absolute atomic E-state index is 0.0536. The smallest absolute Gasteiger partial charge is 0.133 e. The van der Waals surface area contributed by atoms with Gasteiger partial charge in [-0.1, -0.05) is 0 Å². The second kappa shape index (κ2) is 6.20. The van der Waals surface area contributed by atoms with Crippen LogP contribution in [0.3, 0.4) is 0 Å². The van der Waals surface area contributed by atoms with Gasteiger partial charge < -0.3 is 15.2 Å². The van der Waals surface area contributed by atoms with Gasteiger partial charge in [0, 0.05) is 12.2 Å². The number of hydrogen-bond donors (Lipinski definition) is 2. The zero-order valence-electron chi connectivity index (χ0n) is 10.1. The van der Waals surface area contributed by atoms with E-state index in [0.717, 1.165) is 29.7 Å². The van der Waals surface area contributed by atoms with E-state index in [2.05, 4.69) is 15.9 Å². The van der Waals surface area contributed by atoms with Crippen molar-refractivity contribution in [2.24, 2.45) is 5.73 Å². The molecule has 5 heteroatoms. The molecule has 1 aliphatic heterocycles. The molecule has 1 aromatic carbocycles. The molecule has 4 nitrogen and oxygen atoms in total. The monoisotopic (exact) mass is 312 g/mol. The highest BCUT2D eigenvalue weighted by Gasteiger charge is 2.15. The normalized spacial score (nSPS) is 19.5. The predicted octanol–water partition coefficient (Wildman–Crippen LogP) is 2.68. The molecule has 0 aromatic heterocycles. The van der Waals surface area contributed by atoms with Crippen LogP contribution in [0.15, 0.2) is 22.7 Å². The molecular formula is C13H17BrN2O2. The van der Waals surface area contributed by atoms with Crippen LogP contribution >= 0.6 is 15.9 Å². The van der Waals surface area contributed by atoms with Crippen molar-refractivity contribution >= 4 is 21.8 Å². The Labute approximate surface area is 115 Å². The van der Waals surface area contributed by atoms with Crippen LogP contribution in [0.25, 0.3) is 0 Å². The molecule has 1 aliphatic rings. The largest absolute Gasteiger partial charge is 0.490 e. The Morgan fingerprint density at radius 3 is 2.94 bits per heavy atom. The molecular weight excluding hydrogens is 296 g/mol. The highest BCUT2D eigenvalue weighted by Crippen LogP contribution is 2.26. The summed E-state index contributed by atoms with van der Waals surface area (Å²) in [4.78, 5) is 0. The van der Waals surface area contributed by atoms with Crippen LogP contribution in [0.2, 0.25) is 0 Å². The molecule has 0 amide bonds. The molecule has 1 aromatic rings. The van der Waals surface area contributed by atoms with Crippen molar-refractivity contribution in [2.75, 3.05) is 13.2 Å². The van der Waals surface area contributed by atoms with E-state index in [9.17, 15) is 0 Å². The molecule has 18 heavy (non-hydrogen) atoms. The molecule has 3 N–H and O–H groups in total. The van der Waals surface area contributed by atoms with E-state index in [1.165, 1.54) is 6.42 Å². The number of hydrogen-bond acceptors (Lipinski definition) is 3. The van der Waals surface area contributed by atoms with E-state index < -0.39 is 0 Å². The fourth-order valence-corrected chi connectivity index (χ4v) is 2.40. The number of ether oxygens (including phenoxy) is 2. The quantitative estimate of drug-likeness (QED) is 0.663. The van der Waals surface area contributed by atoms with Crippen molar-refractivity contribution in [3.63, 3.8) is 0 Å². The summed E-state index contributed by atoms with van der Waals surface area (Å²) in [6.45, 7) is 1.40. The summed E-state index contributed by atoms with van der Waals surface area (Å²) in [5, 5.41) is 7.36. The maximum absolute atomic E-state index is 7.36. The molecule has 2 rings (SSSR count). The van der Waals surface area contributed by atoms with Gasteiger partial charge in [-0.15, -0.1) is 0 Å². The molecule has 0 radical (unpaired) electrons. The molecule has 1 fully saturated rings.